The predicted molar refractivity (Wildman–Crippen MR) is 106 cm³/mol. The van der Waals surface area contributed by atoms with Crippen molar-refractivity contribution in [3.8, 4) is 0 Å². The van der Waals surface area contributed by atoms with Gasteiger partial charge < -0.3 is 10.2 Å². The van der Waals surface area contributed by atoms with E-state index in [9.17, 15) is 8.42 Å². The maximum atomic E-state index is 12.9. The second-order valence-corrected chi connectivity index (χ2v) is 8.54. The molecule has 2 aromatic rings. The van der Waals surface area contributed by atoms with Crippen molar-refractivity contribution in [3.63, 3.8) is 0 Å². The van der Waals surface area contributed by atoms with E-state index >= 15 is 0 Å². The highest BCUT2D eigenvalue weighted by molar-refractivity contribution is 7.89. The minimum atomic E-state index is -3.43. The first-order valence-corrected chi connectivity index (χ1v) is 10.6. The maximum absolute atomic E-state index is 12.9. The van der Waals surface area contributed by atoms with E-state index in [1.807, 2.05) is 24.3 Å². The second-order valence-electron chi connectivity index (χ2n) is 6.60. The van der Waals surface area contributed by atoms with Crippen molar-refractivity contribution in [2.24, 2.45) is 0 Å². The lowest BCUT2D eigenvalue weighted by Crippen LogP contribution is -2.48. The monoisotopic (exact) mass is 373 g/mol. The molecule has 1 fully saturated rings. The lowest BCUT2D eigenvalue weighted by Gasteiger charge is -2.36. The first kappa shape index (κ1) is 18.9. The zero-order chi connectivity index (χ0) is 18.6. The Morgan fingerprint density at radius 1 is 0.962 bits per heavy atom. The van der Waals surface area contributed by atoms with E-state index in [0.717, 1.165) is 18.7 Å². The summed E-state index contributed by atoms with van der Waals surface area (Å²) >= 11 is 0. The van der Waals surface area contributed by atoms with Crippen LogP contribution in [0.15, 0.2) is 53.4 Å². The summed E-state index contributed by atoms with van der Waals surface area (Å²) in [5.74, 6) is 0. The van der Waals surface area contributed by atoms with Gasteiger partial charge in [-0.2, -0.15) is 4.31 Å². The van der Waals surface area contributed by atoms with E-state index in [0.29, 0.717) is 31.1 Å². The summed E-state index contributed by atoms with van der Waals surface area (Å²) in [7, 11) is -3.43. The summed E-state index contributed by atoms with van der Waals surface area (Å²) in [6, 6.07) is 15.5. The Balaban J connectivity index is 1.67. The molecule has 0 unspecified atom stereocenters. The van der Waals surface area contributed by atoms with Crippen molar-refractivity contribution < 1.29 is 8.42 Å². The minimum absolute atomic E-state index is 0.377. The molecule has 26 heavy (non-hydrogen) atoms. The molecule has 1 heterocycles. The van der Waals surface area contributed by atoms with Gasteiger partial charge in [0.05, 0.1) is 4.90 Å². The van der Waals surface area contributed by atoms with Crippen molar-refractivity contribution in [2.45, 2.75) is 25.3 Å². The average molecular weight is 374 g/mol. The molecule has 0 radical (unpaired) electrons. The number of sulfonamides is 1. The molecule has 6 heteroatoms. The van der Waals surface area contributed by atoms with Gasteiger partial charge in [-0.1, -0.05) is 37.3 Å². The summed E-state index contributed by atoms with van der Waals surface area (Å²) in [4.78, 5) is 2.64. The number of nitrogens with zero attached hydrogens (tertiary/aromatic N) is 2. The summed E-state index contributed by atoms with van der Waals surface area (Å²) in [5, 5.41) is 3.25. The van der Waals surface area contributed by atoms with Gasteiger partial charge in [0.25, 0.3) is 0 Å². The van der Waals surface area contributed by atoms with Gasteiger partial charge in [0.2, 0.25) is 10.0 Å². The molecular formula is C20H27N3O2S. The SMILES string of the molecule is CCNCc1ccc(S(=O)(=O)N2CCN(c3ccccc3C)CC2)cc1. The molecule has 0 atom stereocenters. The van der Waals surface area contributed by atoms with Crippen molar-refractivity contribution in [2.75, 3.05) is 37.6 Å². The highest BCUT2D eigenvalue weighted by Crippen LogP contribution is 2.23. The van der Waals surface area contributed by atoms with E-state index in [2.05, 4.69) is 36.2 Å². The van der Waals surface area contributed by atoms with Crippen molar-refractivity contribution in [1.82, 2.24) is 9.62 Å². The van der Waals surface area contributed by atoms with Crippen LogP contribution in [0.4, 0.5) is 5.69 Å². The molecule has 0 amide bonds. The lowest BCUT2D eigenvalue weighted by molar-refractivity contribution is 0.384. The zero-order valence-electron chi connectivity index (χ0n) is 15.5. The van der Waals surface area contributed by atoms with Crippen LogP contribution in [0.3, 0.4) is 0 Å². The minimum Gasteiger partial charge on any atom is -0.369 e. The molecule has 2 aromatic carbocycles. The van der Waals surface area contributed by atoms with Gasteiger partial charge in [0.1, 0.15) is 0 Å². The molecule has 0 bridgehead atoms. The number of aryl methyl sites for hydroxylation is 1. The van der Waals surface area contributed by atoms with Crippen molar-refractivity contribution in [3.05, 3.63) is 59.7 Å². The van der Waals surface area contributed by atoms with Gasteiger partial charge in [-0.05, 0) is 42.8 Å². The van der Waals surface area contributed by atoms with E-state index in [-0.39, 0.29) is 0 Å². The number of nitrogens with one attached hydrogen (secondary N) is 1. The zero-order valence-corrected chi connectivity index (χ0v) is 16.3. The van der Waals surface area contributed by atoms with Gasteiger partial charge in [0.15, 0.2) is 0 Å². The van der Waals surface area contributed by atoms with Gasteiger partial charge in [-0.25, -0.2) is 8.42 Å². The van der Waals surface area contributed by atoms with Gasteiger partial charge >= 0.3 is 0 Å². The highest BCUT2D eigenvalue weighted by atomic mass is 32.2. The summed E-state index contributed by atoms with van der Waals surface area (Å²) < 4.78 is 27.4. The van der Waals surface area contributed by atoms with E-state index in [1.165, 1.54) is 11.3 Å². The molecule has 5 nitrogen and oxygen atoms in total. The Morgan fingerprint density at radius 3 is 2.23 bits per heavy atom. The van der Waals surface area contributed by atoms with Gasteiger partial charge in [-0.3, -0.25) is 0 Å². The highest BCUT2D eigenvalue weighted by Gasteiger charge is 2.28. The summed E-state index contributed by atoms with van der Waals surface area (Å²) in [6.07, 6.45) is 0. The molecule has 1 N–H and O–H groups in total. The molecule has 1 saturated heterocycles. The quantitative estimate of drug-likeness (QED) is 0.846. The normalized spacial score (nSPS) is 16.0. The second kappa shape index (κ2) is 8.20. The topological polar surface area (TPSA) is 52.7 Å². The number of piperazine rings is 1. The number of para-hydroxylation sites is 1. The summed E-state index contributed by atoms with van der Waals surface area (Å²) in [6.45, 7) is 8.23. The Morgan fingerprint density at radius 2 is 1.62 bits per heavy atom. The molecular weight excluding hydrogens is 346 g/mol. The van der Waals surface area contributed by atoms with Crippen LogP contribution in [0.1, 0.15) is 18.1 Å². The first-order chi connectivity index (χ1) is 12.5. The third kappa shape index (κ3) is 4.09. The largest absolute Gasteiger partial charge is 0.369 e. The fourth-order valence-electron chi connectivity index (χ4n) is 3.29. The Labute approximate surface area is 156 Å². The number of rotatable bonds is 6. The summed E-state index contributed by atoms with van der Waals surface area (Å²) in [5.41, 5.74) is 3.51. The molecule has 0 aromatic heterocycles. The molecule has 1 aliphatic heterocycles. The molecule has 3 rings (SSSR count). The fraction of sp³-hybridized carbons (Fsp3) is 0.400. The molecule has 140 valence electrons. The third-order valence-electron chi connectivity index (χ3n) is 4.84. The lowest BCUT2D eigenvalue weighted by atomic mass is 10.1. The van der Waals surface area contributed by atoms with Crippen LogP contribution in [-0.2, 0) is 16.6 Å². The smallest absolute Gasteiger partial charge is 0.243 e. The predicted octanol–water partition coefficient (Wildman–Crippen LogP) is 2.62. The van der Waals surface area contributed by atoms with E-state index < -0.39 is 10.0 Å². The molecule has 1 aliphatic rings. The molecule has 0 saturated carbocycles. The van der Waals surface area contributed by atoms with Crippen molar-refractivity contribution in [1.29, 1.82) is 0 Å². The number of hydrogen-bond acceptors (Lipinski definition) is 4. The van der Waals surface area contributed by atoms with Crippen LogP contribution in [0.25, 0.3) is 0 Å². The van der Waals surface area contributed by atoms with Crippen LogP contribution in [-0.4, -0.2) is 45.4 Å². The van der Waals surface area contributed by atoms with Crippen molar-refractivity contribution >= 4 is 15.7 Å². The molecule has 0 spiro atoms. The standard InChI is InChI=1S/C20H27N3O2S/c1-3-21-16-18-8-10-19(11-9-18)26(24,25)23-14-12-22(13-15-23)20-7-5-4-6-17(20)2/h4-11,21H,3,12-16H2,1-2H3. The van der Waals surface area contributed by atoms with Gasteiger partial charge in [0, 0.05) is 38.4 Å². The number of hydrogen-bond donors (Lipinski definition) is 1. The Hall–Kier alpha value is -1.89. The van der Waals surface area contributed by atoms with Crippen LogP contribution < -0.4 is 10.2 Å². The average Bonchev–Trinajstić information content (AvgIpc) is 2.67. The van der Waals surface area contributed by atoms with E-state index in [1.54, 1.807) is 16.4 Å². The van der Waals surface area contributed by atoms with Crippen LogP contribution in [0.5, 0.6) is 0 Å². The van der Waals surface area contributed by atoms with Gasteiger partial charge in [-0.15, -0.1) is 0 Å². The van der Waals surface area contributed by atoms with Crippen LogP contribution in [0, 0.1) is 6.92 Å². The third-order valence-corrected chi connectivity index (χ3v) is 6.75. The first-order valence-electron chi connectivity index (χ1n) is 9.13. The van der Waals surface area contributed by atoms with E-state index in [4.69, 9.17) is 0 Å². The van der Waals surface area contributed by atoms with Crippen LogP contribution >= 0.6 is 0 Å². The fourth-order valence-corrected chi connectivity index (χ4v) is 4.71. The van der Waals surface area contributed by atoms with Crippen LogP contribution in [0.2, 0.25) is 0 Å². The number of benzene rings is 2. The Kier molecular flexibility index (Phi) is 5.96. The maximum Gasteiger partial charge on any atom is 0.243 e. The molecule has 0 aliphatic carbocycles. The number of anilines is 1. The Bertz CT molecular complexity index is 826.